The van der Waals surface area contributed by atoms with Gasteiger partial charge in [0.15, 0.2) is 21.3 Å². The molecular formula is C12H18ClNO4S. The second kappa shape index (κ2) is 6.45. The average molecular weight is 308 g/mol. The summed E-state index contributed by atoms with van der Waals surface area (Å²) in [5.74, 6) is 0.311. The van der Waals surface area contributed by atoms with Crippen molar-refractivity contribution in [2.75, 3.05) is 31.1 Å². The Morgan fingerprint density at radius 3 is 2.32 bits per heavy atom. The van der Waals surface area contributed by atoms with Gasteiger partial charge in [0, 0.05) is 6.42 Å². The van der Waals surface area contributed by atoms with Gasteiger partial charge in [0.2, 0.25) is 0 Å². The van der Waals surface area contributed by atoms with Gasteiger partial charge >= 0.3 is 0 Å². The van der Waals surface area contributed by atoms with Crippen LogP contribution in [0, 0.1) is 0 Å². The number of nitrogens with one attached hydrogen (secondary N) is 1. The summed E-state index contributed by atoms with van der Waals surface area (Å²) in [6.07, 6.45) is 0.767. The maximum atomic E-state index is 11.3. The zero-order valence-electron chi connectivity index (χ0n) is 10.5. The van der Waals surface area contributed by atoms with Gasteiger partial charge in [-0.2, -0.15) is 0 Å². The van der Waals surface area contributed by atoms with Crippen LogP contribution in [0.1, 0.15) is 5.56 Å². The van der Waals surface area contributed by atoms with Gasteiger partial charge in [0.1, 0.15) is 0 Å². The van der Waals surface area contributed by atoms with E-state index in [0.29, 0.717) is 13.1 Å². The molecule has 1 aliphatic rings. The summed E-state index contributed by atoms with van der Waals surface area (Å²) >= 11 is 0. The van der Waals surface area contributed by atoms with E-state index >= 15 is 0 Å². The Morgan fingerprint density at radius 2 is 1.74 bits per heavy atom. The number of quaternary nitrogens is 1. The number of rotatable bonds is 3. The Labute approximate surface area is 119 Å². The molecule has 5 nitrogen and oxygen atoms in total. The largest absolute Gasteiger partial charge is 1.00 e. The highest BCUT2D eigenvalue weighted by atomic mass is 35.5. The zero-order valence-corrected chi connectivity index (χ0v) is 12.0. The third-order valence-electron chi connectivity index (χ3n) is 3.34. The number of sulfone groups is 1. The van der Waals surface area contributed by atoms with Crippen LogP contribution in [-0.2, 0) is 16.3 Å². The molecule has 0 bridgehead atoms. The molecule has 0 radical (unpaired) electrons. The molecule has 7 heteroatoms. The highest BCUT2D eigenvalue weighted by Crippen LogP contribution is 2.24. The minimum absolute atomic E-state index is 0. The first-order chi connectivity index (χ1) is 8.46. The second-order valence-corrected chi connectivity index (χ2v) is 7.03. The molecule has 0 saturated carbocycles. The van der Waals surface area contributed by atoms with Crippen LogP contribution in [0.15, 0.2) is 18.2 Å². The number of phenols is 2. The number of halogens is 1. The maximum absolute atomic E-state index is 11.3. The molecule has 0 aliphatic carbocycles. The van der Waals surface area contributed by atoms with Crippen molar-refractivity contribution in [3.63, 3.8) is 0 Å². The Hall–Kier alpha value is -0.980. The van der Waals surface area contributed by atoms with E-state index in [-0.39, 0.29) is 35.4 Å². The van der Waals surface area contributed by atoms with Crippen molar-refractivity contribution in [1.82, 2.24) is 0 Å². The first-order valence-corrected chi connectivity index (χ1v) is 7.83. The van der Waals surface area contributed by atoms with E-state index < -0.39 is 9.84 Å². The fourth-order valence-corrected chi connectivity index (χ4v) is 3.53. The van der Waals surface area contributed by atoms with Crippen LogP contribution in [0.5, 0.6) is 11.5 Å². The first-order valence-electron chi connectivity index (χ1n) is 6.01. The summed E-state index contributed by atoms with van der Waals surface area (Å²) in [6, 6.07) is 4.80. The molecule has 19 heavy (non-hydrogen) atoms. The normalized spacial score (nSPS) is 18.7. The molecule has 1 aromatic rings. The van der Waals surface area contributed by atoms with Gasteiger partial charge in [-0.05, 0) is 17.7 Å². The van der Waals surface area contributed by atoms with E-state index in [1.165, 1.54) is 11.0 Å². The van der Waals surface area contributed by atoms with Crippen molar-refractivity contribution >= 4 is 9.84 Å². The smallest absolute Gasteiger partial charge is 0.161 e. The molecule has 2 rings (SSSR count). The monoisotopic (exact) mass is 307 g/mol. The molecule has 0 amide bonds. The van der Waals surface area contributed by atoms with Crippen molar-refractivity contribution < 1.29 is 35.9 Å². The number of aromatic hydroxyl groups is 2. The van der Waals surface area contributed by atoms with Gasteiger partial charge in [0.05, 0.1) is 31.1 Å². The highest BCUT2D eigenvalue weighted by molar-refractivity contribution is 7.91. The lowest BCUT2D eigenvalue weighted by Gasteiger charge is -2.23. The number of benzene rings is 1. The van der Waals surface area contributed by atoms with Gasteiger partial charge in [-0.25, -0.2) is 8.42 Å². The van der Waals surface area contributed by atoms with E-state index in [9.17, 15) is 18.6 Å². The van der Waals surface area contributed by atoms with E-state index in [2.05, 4.69) is 0 Å². The highest BCUT2D eigenvalue weighted by Gasteiger charge is 2.24. The topological polar surface area (TPSA) is 79.0 Å². The van der Waals surface area contributed by atoms with Crippen molar-refractivity contribution in [3.8, 4) is 11.5 Å². The lowest BCUT2D eigenvalue weighted by Crippen LogP contribution is -3.14. The third kappa shape index (κ3) is 4.56. The molecule has 108 valence electrons. The zero-order chi connectivity index (χ0) is 13.2. The summed E-state index contributed by atoms with van der Waals surface area (Å²) in [5, 5.41) is 18.6. The van der Waals surface area contributed by atoms with E-state index in [1.807, 2.05) is 0 Å². The fraction of sp³-hybridized carbons (Fsp3) is 0.500. The van der Waals surface area contributed by atoms with Gasteiger partial charge in [0.25, 0.3) is 0 Å². The standard InChI is InChI=1S/C12H17NO4S.ClH/c14-11-2-1-10(9-12(11)15)3-4-13-5-7-18(16,17)8-6-13;/h1-2,9,14-15H,3-8H2;1H. The molecule has 1 heterocycles. The van der Waals surface area contributed by atoms with E-state index in [1.54, 1.807) is 12.1 Å². The lowest BCUT2D eigenvalue weighted by molar-refractivity contribution is -0.896. The minimum atomic E-state index is -2.80. The SMILES string of the molecule is O=S1(=O)CC[NH+](CCc2ccc(O)c(O)c2)CC1.[Cl-]. The van der Waals surface area contributed by atoms with Gasteiger partial charge in [-0.3, -0.25) is 0 Å². The number of hydrogen-bond acceptors (Lipinski definition) is 4. The van der Waals surface area contributed by atoms with Gasteiger partial charge in [-0.15, -0.1) is 0 Å². The molecular weight excluding hydrogens is 290 g/mol. The van der Waals surface area contributed by atoms with E-state index in [4.69, 9.17) is 0 Å². The molecule has 1 aromatic carbocycles. The Morgan fingerprint density at radius 1 is 1.11 bits per heavy atom. The molecule has 0 aromatic heterocycles. The predicted molar refractivity (Wildman–Crippen MR) is 67.7 cm³/mol. The Bertz CT molecular complexity index is 519. The molecule has 0 atom stereocenters. The lowest BCUT2D eigenvalue weighted by atomic mass is 10.1. The fourth-order valence-electron chi connectivity index (χ4n) is 2.12. The summed E-state index contributed by atoms with van der Waals surface area (Å²) in [7, 11) is -2.80. The number of hydrogen-bond donors (Lipinski definition) is 3. The maximum Gasteiger partial charge on any atom is 0.161 e. The summed E-state index contributed by atoms with van der Waals surface area (Å²) in [6.45, 7) is 2.17. The van der Waals surface area contributed by atoms with Crippen LogP contribution in [0.4, 0.5) is 0 Å². The van der Waals surface area contributed by atoms with E-state index in [0.717, 1.165) is 18.5 Å². The number of phenolic OH excluding ortho intramolecular Hbond substituents is 2. The van der Waals surface area contributed by atoms with Crippen LogP contribution >= 0.6 is 0 Å². The molecule has 3 N–H and O–H groups in total. The van der Waals surface area contributed by atoms with Gasteiger partial charge in [-0.1, -0.05) is 6.07 Å². The van der Waals surface area contributed by atoms with Crippen LogP contribution < -0.4 is 17.3 Å². The van der Waals surface area contributed by atoms with Gasteiger partial charge < -0.3 is 27.5 Å². The summed E-state index contributed by atoms with van der Waals surface area (Å²) in [4.78, 5) is 1.28. The molecule has 1 fully saturated rings. The molecule has 1 saturated heterocycles. The van der Waals surface area contributed by atoms with Crippen LogP contribution in [0.2, 0.25) is 0 Å². The second-order valence-electron chi connectivity index (χ2n) is 4.72. The van der Waals surface area contributed by atoms with Crippen LogP contribution in [-0.4, -0.2) is 49.8 Å². The molecule has 0 spiro atoms. The van der Waals surface area contributed by atoms with Crippen molar-refractivity contribution in [1.29, 1.82) is 0 Å². The Balaban J connectivity index is 0.00000180. The van der Waals surface area contributed by atoms with Crippen molar-refractivity contribution in [2.24, 2.45) is 0 Å². The van der Waals surface area contributed by atoms with Crippen molar-refractivity contribution in [3.05, 3.63) is 23.8 Å². The minimum Gasteiger partial charge on any atom is -1.00 e. The Kier molecular flexibility index (Phi) is 5.46. The van der Waals surface area contributed by atoms with Crippen LogP contribution in [0.25, 0.3) is 0 Å². The molecule has 0 unspecified atom stereocenters. The summed E-state index contributed by atoms with van der Waals surface area (Å²) < 4.78 is 22.6. The first kappa shape index (κ1) is 16.1. The third-order valence-corrected chi connectivity index (χ3v) is 4.99. The predicted octanol–water partition coefficient (Wildman–Crippen LogP) is -4.04. The van der Waals surface area contributed by atoms with Crippen LogP contribution in [0.3, 0.4) is 0 Å². The average Bonchev–Trinajstić information content (AvgIpc) is 2.32. The van der Waals surface area contributed by atoms with Crippen molar-refractivity contribution in [2.45, 2.75) is 6.42 Å². The summed E-state index contributed by atoms with van der Waals surface area (Å²) in [5.41, 5.74) is 0.950. The molecule has 1 aliphatic heterocycles. The quantitative estimate of drug-likeness (QED) is 0.497.